The Morgan fingerprint density at radius 1 is 1.38 bits per heavy atom. The highest BCUT2D eigenvalue weighted by Gasteiger charge is 2.23. The predicted molar refractivity (Wildman–Crippen MR) is 79.5 cm³/mol. The van der Waals surface area contributed by atoms with Gasteiger partial charge in [-0.1, -0.05) is 12.1 Å². The van der Waals surface area contributed by atoms with Gasteiger partial charge >= 0.3 is 0 Å². The van der Waals surface area contributed by atoms with E-state index < -0.39 is 9.84 Å². The quantitative estimate of drug-likeness (QED) is 0.851. The van der Waals surface area contributed by atoms with Crippen LogP contribution in [-0.4, -0.2) is 48.7 Å². The normalized spacial score (nSPS) is 20.9. The van der Waals surface area contributed by atoms with E-state index >= 15 is 0 Å². The van der Waals surface area contributed by atoms with Gasteiger partial charge in [-0.15, -0.1) is 0 Å². The number of piperidine rings is 1. The van der Waals surface area contributed by atoms with Gasteiger partial charge < -0.3 is 0 Å². The summed E-state index contributed by atoms with van der Waals surface area (Å²) in [4.78, 5) is 2.29. The molecule has 1 aromatic carbocycles. The zero-order valence-electron chi connectivity index (χ0n) is 12.0. The number of hydrogen-bond donors (Lipinski definition) is 0. The molecule has 114 valence electrons. The van der Waals surface area contributed by atoms with Crippen LogP contribution in [0.5, 0.6) is 0 Å². The van der Waals surface area contributed by atoms with Crippen molar-refractivity contribution in [2.45, 2.75) is 19.4 Å². The number of rotatable bonds is 4. The summed E-state index contributed by atoms with van der Waals surface area (Å²) in [6.45, 7) is 2.56. The van der Waals surface area contributed by atoms with Crippen molar-refractivity contribution in [1.82, 2.24) is 15.2 Å². The van der Waals surface area contributed by atoms with E-state index in [9.17, 15) is 8.42 Å². The first-order valence-electron chi connectivity index (χ1n) is 7.11. The molecule has 0 amide bonds. The van der Waals surface area contributed by atoms with Crippen LogP contribution in [0, 0.1) is 5.92 Å². The van der Waals surface area contributed by atoms with Crippen LogP contribution in [0.25, 0.3) is 11.0 Å². The van der Waals surface area contributed by atoms with Crippen molar-refractivity contribution in [3.63, 3.8) is 0 Å². The van der Waals surface area contributed by atoms with E-state index in [-0.39, 0.29) is 11.7 Å². The van der Waals surface area contributed by atoms with E-state index in [0.717, 1.165) is 49.1 Å². The van der Waals surface area contributed by atoms with Crippen LogP contribution in [-0.2, 0) is 16.4 Å². The fraction of sp³-hybridized carbons (Fsp3) is 0.571. The Labute approximate surface area is 124 Å². The van der Waals surface area contributed by atoms with Gasteiger partial charge in [0.25, 0.3) is 0 Å². The first-order chi connectivity index (χ1) is 10.0. The molecule has 0 unspecified atom stereocenters. The maximum Gasteiger partial charge on any atom is 0.147 e. The average molecular weight is 309 g/mol. The number of hydrogen-bond acceptors (Lipinski definition) is 6. The summed E-state index contributed by atoms with van der Waals surface area (Å²) in [5.41, 5.74) is 2.63. The van der Waals surface area contributed by atoms with E-state index in [1.165, 1.54) is 6.26 Å². The van der Waals surface area contributed by atoms with Gasteiger partial charge in [0.15, 0.2) is 0 Å². The number of aromatic nitrogens is 2. The topological polar surface area (TPSA) is 76.3 Å². The molecule has 1 aliphatic heterocycles. The summed E-state index contributed by atoms with van der Waals surface area (Å²) in [5, 5.41) is 7.81. The molecular formula is C14H19N3O3S. The Bertz CT molecular complexity index is 726. The maximum absolute atomic E-state index is 11.5. The summed E-state index contributed by atoms with van der Waals surface area (Å²) in [7, 11) is -2.91. The van der Waals surface area contributed by atoms with Crippen molar-refractivity contribution in [3.8, 4) is 0 Å². The highest BCUT2D eigenvalue weighted by atomic mass is 32.2. The van der Waals surface area contributed by atoms with Crippen molar-refractivity contribution < 1.29 is 13.0 Å². The van der Waals surface area contributed by atoms with Crippen LogP contribution in [0.4, 0.5) is 0 Å². The molecule has 0 N–H and O–H groups in total. The first-order valence-corrected chi connectivity index (χ1v) is 9.17. The molecule has 1 aliphatic rings. The lowest BCUT2D eigenvalue weighted by atomic mass is 9.99. The number of sulfone groups is 1. The fourth-order valence-electron chi connectivity index (χ4n) is 3.09. The number of likely N-dealkylation sites (tertiary alicyclic amines) is 1. The minimum Gasteiger partial charge on any atom is -0.299 e. The summed E-state index contributed by atoms with van der Waals surface area (Å²) in [5.74, 6) is 0.502. The average Bonchev–Trinajstić information content (AvgIpc) is 2.86. The molecule has 0 radical (unpaired) electrons. The van der Waals surface area contributed by atoms with Crippen LogP contribution in [0.2, 0.25) is 0 Å². The molecule has 7 heteroatoms. The SMILES string of the molecule is CS(=O)(=O)C[C@@H]1CCCN(Cc2cccc3nonc23)C1. The lowest BCUT2D eigenvalue weighted by Crippen LogP contribution is -2.37. The molecule has 3 rings (SSSR count). The third-order valence-electron chi connectivity index (χ3n) is 3.91. The largest absolute Gasteiger partial charge is 0.299 e. The zero-order valence-corrected chi connectivity index (χ0v) is 12.8. The van der Waals surface area contributed by atoms with Gasteiger partial charge in [-0.25, -0.2) is 13.0 Å². The first kappa shape index (κ1) is 14.5. The molecule has 0 saturated carbocycles. The van der Waals surface area contributed by atoms with Crippen molar-refractivity contribution in [1.29, 1.82) is 0 Å². The van der Waals surface area contributed by atoms with Crippen LogP contribution < -0.4 is 0 Å². The van der Waals surface area contributed by atoms with Gasteiger partial charge in [-0.3, -0.25) is 4.90 Å². The van der Waals surface area contributed by atoms with Gasteiger partial charge in [-0.05, 0) is 47.2 Å². The summed E-state index contributed by atoms with van der Waals surface area (Å²) < 4.78 is 27.7. The summed E-state index contributed by atoms with van der Waals surface area (Å²) in [6.07, 6.45) is 3.33. The number of nitrogens with zero attached hydrogens (tertiary/aromatic N) is 3. The minimum atomic E-state index is -2.91. The molecule has 0 spiro atoms. The minimum absolute atomic E-state index is 0.225. The smallest absolute Gasteiger partial charge is 0.147 e. The van der Waals surface area contributed by atoms with Crippen LogP contribution >= 0.6 is 0 Å². The van der Waals surface area contributed by atoms with Crippen molar-refractivity contribution in [2.24, 2.45) is 5.92 Å². The second-order valence-electron chi connectivity index (χ2n) is 5.88. The molecule has 6 nitrogen and oxygen atoms in total. The highest BCUT2D eigenvalue weighted by Crippen LogP contribution is 2.22. The van der Waals surface area contributed by atoms with E-state index in [0.29, 0.717) is 0 Å². The van der Waals surface area contributed by atoms with Gasteiger partial charge in [-0.2, -0.15) is 0 Å². The van der Waals surface area contributed by atoms with Gasteiger partial charge in [0, 0.05) is 19.3 Å². The number of benzene rings is 1. The van der Waals surface area contributed by atoms with Crippen molar-refractivity contribution in [3.05, 3.63) is 23.8 Å². The third-order valence-corrected chi connectivity index (χ3v) is 4.98. The predicted octanol–water partition coefficient (Wildman–Crippen LogP) is 1.48. The molecule has 2 aromatic rings. The Balaban J connectivity index is 1.71. The molecule has 1 saturated heterocycles. The van der Waals surface area contributed by atoms with Gasteiger partial charge in [0.05, 0.1) is 5.75 Å². The molecule has 1 atom stereocenters. The fourth-order valence-corrected chi connectivity index (χ4v) is 4.22. The van der Waals surface area contributed by atoms with Gasteiger partial charge in [0.1, 0.15) is 20.9 Å². The van der Waals surface area contributed by atoms with Gasteiger partial charge in [0.2, 0.25) is 0 Å². The Morgan fingerprint density at radius 3 is 3.05 bits per heavy atom. The van der Waals surface area contributed by atoms with E-state index in [1.54, 1.807) is 0 Å². The lowest BCUT2D eigenvalue weighted by Gasteiger charge is -2.32. The van der Waals surface area contributed by atoms with Crippen LogP contribution in [0.1, 0.15) is 18.4 Å². The zero-order chi connectivity index (χ0) is 14.9. The number of fused-ring (bicyclic) bond motifs is 1. The summed E-state index contributed by atoms with van der Waals surface area (Å²) in [6, 6.07) is 5.84. The van der Waals surface area contributed by atoms with Crippen LogP contribution in [0.15, 0.2) is 22.8 Å². The Hall–Kier alpha value is -1.47. The Kier molecular flexibility index (Phi) is 3.95. The summed E-state index contributed by atoms with van der Waals surface area (Å²) >= 11 is 0. The van der Waals surface area contributed by atoms with Crippen molar-refractivity contribution in [2.75, 3.05) is 25.1 Å². The maximum atomic E-state index is 11.5. The molecule has 0 aliphatic carbocycles. The van der Waals surface area contributed by atoms with Crippen LogP contribution in [0.3, 0.4) is 0 Å². The third kappa shape index (κ3) is 3.59. The Morgan fingerprint density at radius 2 is 2.24 bits per heavy atom. The monoisotopic (exact) mass is 309 g/mol. The standard InChI is InChI=1S/C14H19N3O3S/c1-21(18,19)10-11-4-3-7-17(8-11)9-12-5-2-6-13-14(12)16-20-15-13/h2,5-6,11H,3-4,7-10H2,1H3/t11-/m1/s1. The second-order valence-corrected chi connectivity index (χ2v) is 8.07. The molecule has 1 aromatic heterocycles. The molecule has 1 fully saturated rings. The molecule has 21 heavy (non-hydrogen) atoms. The molecular weight excluding hydrogens is 290 g/mol. The molecule has 0 bridgehead atoms. The lowest BCUT2D eigenvalue weighted by molar-refractivity contribution is 0.178. The highest BCUT2D eigenvalue weighted by molar-refractivity contribution is 7.90. The van der Waals surface area contributed by atoms with E-state index in [1.807, 2.05) is 18.2 Å². The molecule has 2 heterocycles. The second kappa shape index (κ2) is 5.73. The van der Waals surface area contributed by atoms with E-state index in [4.69, 9.17) is 4.63 Å². The van der Waals surface area contributed by atoms with Crippen molar-refractivity contribution >= 4 is 20.9 Å². The van der Waals surface area contributed by atoms with E-state index in [2.05, 4.69) is 15.2 Å².